The molecule has 0 aromatic carbocycles. The number of aryl methyl sites for hydroxylation is 1. The van der Waals surface area contributed by atoms with Crippen molar-refractivity contribution >= 4 is 23.8 Å². The summed E-state index contributed by atoms with van der Waals surface area (Å²) in [5.41, 5.74) is 0.893. The van der Waals surface area contributed by atoms with Gasteiger partial charge in [-0.25, -0.2) is 0 Å². The fourth-order valence-corrected chi connectivity index (χ4v) is 2.32. The van der Waals surface area contributed by atoms with Crippen LogP contribution in [0.2, 0.25) is 0 Å². The van der Waals surface area contributed by atoms with Crippen molar-refractivity contribution in [2.24, 2.45) is 5.92 Å². The molecule has 0 amide bonds. The van der Waals surface area contributed by atoms with Crippen LogP contribution < -0.4 is 0 Å². The van der Waals surface area contributed by atoms with E-state index in [-0.39, 0.29) is 0 Å². The summed E-state index contributed by atoms with van der Waals surface area (Å²) < 4.78 is 6.57. The van der Waals surface area contributed by atoms with Crippen molar-refractivity contribution in [1.82, 2.24) is 24.4 Å². The number of H-pyrrole nitrogens is 1. The molecule has 0 bridgehead atoms. The molecule has 0 aliphatic heterocycles. The summed E-state index contributed by atoms with van der Waals surface area (Å²) in [7, 11) is 0. The quantitative estimate of drug-likeness (QED) is 0.856. The van der Waals surface area contributed by atoms with E-state index in [1.165, 1.54) is 11.5 Å². The molecule has 1 N–H and O–H groups in total. The van der Waals surface area contributed by atoms with Gasteiger partial charge < -0.3 is 0 Å². The van der Waals surface area contributed by atoms with Crippen LogP contribution in [0.1, 0.15) is 19.5 Å². The third-order valence-electron chi connectivity index (χ3n) is 2.16. The summed E-state index contributed by atoms with van der Waals surface area (Å²) in [5.74, 6) is 1.36. The van der Waals surface area contributed by atoms with E-state index in [0.717, 1.165) is 22.9 Å². The maximum atomic E-state index is 5.22. The lowest BCUT2D eigenvalue weighted by Crippen LogP contribution is -2.06. The van der Waals surface area contributed by atoms with Gasteiger partial charge in [0, 0.05) is 6.54 Å². The number of nitrogens with zero attached hydrogens (tertiary/aromatic N) is 4. The molecule has 2 rings (SSSR count). The molecule has 86 valence electrons. The number of hydrogen-bond donors (Lipinski definition) is 1. The summed E-state index contributed by atoms with van der Waals surface area (Å²) in [6.07, 6.45) is 0. The summed E-state index contributed by atoms with van der Waals surface area (Å²) in [6, 6.07) is 0. The maximum Gasteiger partial charge on any atom is 0.195 e. The van der Waals surface area contributed by atoms with Crippen LogP contribution >= 0.6 is 23.8 Å². The molecule has 0 unspecified atom stereocenters. The van der Waals surface area contributed by atoms with E-state index < -0.39 is 0 Å². The largest absolute Gasteiger partial charge is 0.299 e. The lowest BCUT2D eigenvalue weighted by molar-refractivity contribution is 0.521. The third-order valence-corrected chi connectivity index (χ3v) is 3.30. The molecule has 7 heteroatoms. The average molecular weight is 255 g/mol. The Morgan fingerprint density at radius 1 is 1.50 bits per heavy atom. The topological polar surface area (TPSA) is 59.4 Å². The first-order valence-corrected chi connectivity index (χ1v) is 6.22. The van der Waals surface area contributed by atoms with Crippen LogP contribution in [0, 0.1) is 17.6 Å². The molecule has 0 radical (unpaired) electrons. The number of hydrogen-bond acceptors (Lipinski definition) is 5. The van der Waals surface area contributed by atoms with Crippen LogP contribution in [0.5, 0.6) is 0 Å². The molecule has 0 aliphatic carbocycles. The molecule has 5 nitrogen and oxygen atoms in total. The fraction of sp³-hybridized carbons (Fsp3) is 0.556. The Bertz CT molecular complexity index is 536. The third kappa shape index (κ3) is 2.05. The lowest BCUT2D eigenvalue weighted by atomic mass is 10.2. The predicted molar refractivity (Wildman–Crippen MR) is 65.9 cm³/mol. The molecule has 0 saturated carbocycles. The molecule has 0 saturated heterocycles. The van der Waals surface area contributed by atoms with Gasteiger partial charge in [-0.2, -0.15) is 5.10 Å². The molecular weight excluding hydrogens is 242 g/mol. The van der Waals surface area contributed by atoms with Gasteiger partial charge in [-0.15, -0.1) is 5.10 Å². The van der Waals surface area contributed by atoms with Crippen LogP contribution in [-0.2, 0) is 6.54 Å². The van der Waals surface area contributed by atoms with Crippen molar-refractivity contribution in [3.05, 3.63) is 10.5 Å². The fourth-order valence-electron chi connectivity index (χ4n) is 1.46. The molecular formula is C9H13N5S2. The zero-order valence-electron chi connectivity index (χ0n) is 9.39. The molecule has 0 atom stereocenters. The van der Waals surface area contributed by atoms with Crippen molar-refractivity contribution in [1.29, 1.82) is 0 Å². The Morgan fingerprint density at radius 2 is 2.25 bits per heavy atom. The Morgan fingerprint density at radius 3 is 2.81 bits per heavy atom. The second-order valence-electron chi connectivity index (χ2n) is 4.04. The van der Waals surface area contributed by atoms with Crippen molar-refractivity contribution < 1.29 is 0 Å². The Labute approximate surface area is 103 Å². The standard InChI is InChI=1S/C9H13N5S2/c1-5(2)4-14-8(11-12-9(14)15)7-6(3)10-13-16-7/h5H,4H2,1-3H3,(H,12,15). The minimum Gasteiger partial charge on any atom is -0.299 e. The molecule has 2 heterocycles. The van der Waals surface area contributed by atoms with Crippen LogP contribution in [0.25, 0.3) is 10.7 Å². The number of aromatic amines is 1. The van der Waals surface area contributed by atoms with Crippen LogP contribution in [0.4, 0.5) is 0 Å². The first kappa shape index (κ1) is 11.4. The van der Waals surface area contributed by atoms with Gasteiger partial charge in [0.1, 0.15) is 4.88 Å². The van der Waals surface area contributed by atoms with E-state index in [1.54, 1.807) is 0 Å². The van der Waals surface area contributed by atoms with E-state index >= 15 is 0 Å². The van der Waals surface area contributed by atoms with Gasteiger partial charge in [-0.1, -0.05) is 18.3 Å². The van der Waals surface area contributed by atoms with Crippen molar-refractivity contribution in [3.63, 3.8) is 0 Å². The highest BCUT2D eigenvalue weighted by molar-refractivity contribution is 7.71. The zero-order chi connectivity index (χ0) is 11.7. The highest BCUT2D eigenvalue weighted by atomic mass is 32.1. The van der Waals surface area contributed by atoms with Crippen molar-refractivity contribution in [3.8, 4) is 10.7 Å². The predicted octanol–water partition coefficient (Wildman–Crippen LogP) is 2.42. The minimum absolute atomic E-state index is 0.518. The minimum atomic E-state index is 0.518. The van der Waals surface area contributed by atoms with E-state index in [2.05, 4.69) is 33.6 Å². The van der Waals surface area contributed by atoms with Gasteiger partial charge in [0.25, 0.3) is 0 Å². The van der Waals surface area contributed by atoms with E-state index in [0.29, 0.717) is 10.7 Å². The van der Waals surface area contributed by atoms with E-state index in [1.807, 2.05) is 11.5 Å². The Balaban J connectivity index is 2.50. The molecule has 2 aromatic heterocycles. The maximum absolute atomic E-state index is 5.22. The summed E-state index contributed by atoms with van der Waals surface area (Å²) in [6.45, 7) is 7.07. The summed E-state index contributed by atoms with van der Waals surface area (Å²) in [5, 5.41) is 11.1. The van der Waals surface area contributed by atoms with Crippen LogP contribution in [0.15, 0.2) is 0 Å². The number of nitrogens with one attached hydrogen (secondary N) is 1. The summed E-state index contributed by atoms with van der Waals surface area (Å²) >= 11 is 6.56. The van der Waals surface area contributed by atoms with E-state index in [9.17, 15) is 0 Å². The zero-order valence-corrected chi connectivity index (χ0v) is 11.0. The summed E-state index contributed by atoms with van der Waals surface area (Å²) in [4.78, 5) is 0.980. The Hall–Kier alpha value is -1.08. The van der Waals surface area contributed by atoms with Gasteiger partial charge >= 0.3 is 0 Å². The second-order valence-corrected chi connectivity index (χ2v) is 5.19. The molecule has 0 aliphatic rings. The molecule has 16 heavy (non-hydrogen) atoms. The normalized spacial score (nSPS) is 11.2. The first-order chi connectivity index (χ1) is 7.59. The lowest BCUT2D eigenvalue weighted by Gasteiger charge is -2.07. The first-order valence-electron chi connectivity index (χ1n) is 5.04. The van der Waals surface area contributed by atoms with Crippen molar-refractivity contribution in [2.45, 2.75) is 27.3 Å². The highest BCUT2D eigenvalue weighted by Gasteiger charge is 2.15. The van der Waals surface area contributed by atoms with Gasteiger partial charge in [-0.3, -0.25) is 9.67 Å². The van der Waals surface area contributed by atoms with Crippen LogP contribution in [0.3, 0.4) is 0 Å². The van der Waals surface area contributed by atoms with Gasteiger partial charge in [0.2, 0.25) is 0 Å². The monoisotopic (exact) mass is 255 g/mol. The average Bonchev–Trinajstić information content (AvgIpc) is 2.75. The smallest absolute Gasteiger partial charge is 0.195 e. The molecule has 0 spiro atoms. The van der Waals surface area contributed by atoms with Crippen LogP contribution in [-0.4, -0.2) is 24.4 Å². The second kappa shape index (κ2) is 4.42. The van der Waals surface area contributed by atoms with Gasteiger partial charge in [-0.05, 0) is 36.6 Å². The molecule has 2 aromatic rings. The van der Waals surface area contributed by atoms with Gasteiger partial charge in [0.15, 0.2) is 10.6 Å². The highest BCUT2D eigenvalue weighted by Crippen LogP contribution is 2.24. The Kier molecular flexibility index (Phi) is 3.15. The molecule has 0 fully saturated rings. The number of rotatable bonds is 3. The van der Waals surface area contributed by atoms with E-state index in [4.69, 9.17) is 12.2 Å². The van der Waals surface area contributed by atoms with Crippen molar-refractivity contribution in [2.75, 3.05) is 0 Å². The SMILES string of the molecule is Cc1nnsc1-c1n[nH]c(=S)n1CC(C)C. The van der Waals surface area contributed by atoms with Gasteiger partial charge in [0.05, 0.1) is 5.69 Å². The number of aromatic nitrogens is 5.